The van der Waals surface area contributed by atoms with Gasteiger partial charge in [0.25, 0.3) is 11.1 Å². The molecular formula is C14H18N8O4. The largest absolute Gasteiger partial charge is 0.348 e. The van der Waals surface area contributed by atoms with Crippen LogP contribution in [0.15, 0.2) is 19.2 Å². The molecule has 0 atom stereocenters. The van der Waals surface area contributed by atoms with Gasteiger partial charge in [0.15, 0.2) is 11.6 Å². The fourth-order valence-corrected chi connectivity index (χ4v) is 3.53. The number of H-pyrrole nitrogens is 2. The first kappa shape index (κ1) is 16.1. The van der Waals surface area contributed by atoms with Crippen molar-refractivity contribution in [2.24, 2.45) is 14.1 Å². The van der Waals surface area contributed by atoms with Gasteiger partial charge in [0.1, 0.15) is 24.7 Å². The van der Waals surface area contributed by atoms with E-state index in [0.29, 0.717) is 23.0 Å². The molecule has 26 heavy (non-hydrogen) atoms. The number of nitrogens with one attached hydrogen (secondary N) is 2. The third kappa shape index (κ3) is 1.89. The highest BCUT2D eigenvalue weighted by molar-refractivity contribution is 5.79. The molecule has 0 saturated heterocycles. The van der Waals surface area contributed by atoms with Gasteiger partial charge in [0, 0.05) is 28.2 Å². The van der Waals surface area contributed by atoms with Crippen LogP contribution < -0.4 is 42.3 Å². The van der Waals surface area contributed by atoms with Gasteiger partial charge in [-0.3, -0.25) is 28.7 Å². The Labute approximate surface area is 146 Å². The maximum atomic E-state index is 12.3. The number of hydrazine groups is 1. The summed E-state index contributed by atoms with van der Waals surface area (Å²) >= 11 is 0. The monoisotopic (exact) mass is 362 g/mol. The Morgan fingerprint density at radius 1 is 0.654 bits per heavy atom. The van der Waals surface area contributed by atoms with Crippen LogP contribution in [-0.2, 0) is 14.1 Å². The summed E-state index contributed by atoms with van der Waals surface area (Å²) in [5, 5.41) is 3.43. The first-order chi connectivity index (χ1) is 12.2. The minimum Gasteiger partial charge on any atom is -0.348 e. The van der Waals surface area contributed by atoms with Gasteiger partial charge in [0.05, 0.1) is 0 Å². The second kappa shape index (κ2) is 5.03. The Kier molecular flexibility index (Phi) is 3.11. The number of anilines is 4. The van der Waals surface area contributed by atoms with Crippen LogP contribution in [-0.4, -0.2) is 46.5 Å². The molecule has 2 aromatic heterocycles. The minimum atomic E-state index is -0.540. The summed E-state index contributed by atoms with van der Waals surface area (Å²) in [6.45, 7) is 0.563. The van der Waals surface area contributed by atoms with Crippen molar-refractivity contribution in [1.82, 2.24) is 19.1 Å². The maximum Gasteiger partial charge on any atom is 0.329 e. The molecule has 2 aromatic rings. The average Bonchev–Trinajstić information content (AvgIpc) is 3.08. The Morgan fingerprint density at radius 3 is 1.35 bits per heavy atom. The smallest absolute Gasteiger partial charge is 0.329 e. The summed E-state index contributed by atoms with van der Waals surface area (Å²) in [5.74, 6) is 0.797. The molecule has 0 saturated carbocycles. The van der Waals surface area contributed by atoms with E-state index in [-0.39, 0.29) is 13.3 Å². The van der Waals surface area contributed by atoms with Gasteiger partial charge in [0.2, 0.25) is 0 Å². The van der Waals surface area contributed by atoms with Crippen molar-refractivity contribution in [2.75, 3.05) is 47.3 Å². The highest BCUT2D eigenvalue weighted by Crippen LogP contribution is 2.38. The molecule has 2 N–H and O–H groups in total. The van der Waals surface area contributed by atoms with E-state index in [1.807, 2.05) is 0 Å². The molecule has 0 unspecified atom stereocenters. The quantitative estimate of drug-likeness (QED) is 0.571. The van der Waals surface area contributed by atoms with E-state index >= 15 is 0 Å². The zero-order valence-electron chi connectivity index (χ0n) is 14.7. The van der Waals surface area contributed by atoms with E-state index in [9.17, 15) is 19.2 Å². The van der Waals surface area contributed by atoms with Crippen LogP contribution in [0.4, 0.5) is 23.0 Å². The lowest BCUT2D eigenvalue weighted by molar-refractivity contribution is 0.681. The summed E-state index contributed by atoms with van der Waals surface area (Å²) in [4.78, 5) is 56.7. The second-order valence-electron chi connectivity index (χ2n) is 6.46. The molecule has 0 aromatic carbocycles. The molecule has 12 heteroatoms. The van der Waals surface area contributed by atoms with Crippen molar-refractivity contribution in [1.29, 1.82) is 0 Å². The zero-order chi connectivity index (χ0) is 18.9. The molecule has 4 rings (SSSR count). The Hall–Kier alpha value is -3.44. The number of aromatic amines is 2. The Balaban J connectivity index is 1.98. The first-order valence-corrected chi connectivity index (χ1v) is 7.86. The number of hydrogen-bond acceptors (Lipinski definition) is 8. The number of rotatable bonds is 1. The lowest BCUT2D eigenvalue weighted by Crippen LogP contribution is -2.48. The van der Waals surface area contributed by atoms with E-state index in [2.05, 4.69) is 9.97 Å². The van der Waals surface area contributed by atoms with Gasteiger partial charge in [-0.15, -0.1) is 0 Å². The van der Waals surface area contributed by atoms with E-state index < -0.39 is 22.5 Å². The van der Waals surface area contributed by atoms with Crippen molar-refractivity contribution in [2.45, 2.75) is 0 Å². The van der Waals surface area contributed by atoms with Gasteiger partial charge >= 0.3 is 11.4 Å². The summed E-state index contributed by atoms with van der Waals surface area (Å²) in [7, 11) is 6.58. The van der Waals surface area contributed by atoms with Crippen LogP contribution in [0.25, 0.3) is 0 Å². The summed E-state index contributed by atoms with van der Waals surface area (Å²) in [6, 6.07) is 0. The lowest BCUT2D eigenvalue weighted by Gasteiger charge is -2.32. The van der Waals surface area contributed by atoms with Crippen molar-refractivity contribution in [3.05, 3.63) is 41.7 Å². The Morgan fingerprint density at radius 2 is 1.00 bits per heavy atom. The third-order valence-electron chi connectivity index (χ3n) is 4.78. The van der Waals surface area contributed by atoms with Gasteiger partial charge < -0.3 is 9.80 Å². The van der Waals surface area contributed by atoms with Crippen LogP contribution in [0.5, 0.6) is 0 Å². The number of nitrogens with zero attached hydrogens (tertiary/aromatic N) is 6. The van der Waals surface area contributed by atoms with Gasteiger partial charge in [-0.25, -0.2) is 19.6 Å². The van der Waals surface area contributed by atoms with Crippen LogP contribution in [0, 0.1) is 0 Å². The normalized spacial score (nSPS) is 15.7. The predicted molar refractivity (Wildman–Crippen MR) is 96.1 cm³/mol. The molecule has 0 radical (unpaired) electrons. The SMILES string of the molecule is CN1CN(N2CN(C)c3c2n(C)c(=O)[nH]c3=O)c2c1c(=O)[nH]c(=O)n2C. The molecule has 4 heterocycles. The average molecular weight is 362 g/mol. The molecule has 0 spiro atoms. The van der Waals surface area contributed by atoms with Crippen molar-refractivity contribution >= 4 is 23.0 Å². The first-order valence-electron chi connectivity index (χ1n) is 7.86. The molecular weight excluding hydrogens is 344 g/mol. The molecule has 12 nitrogen and oxygen atoms in total. The highest BCUT2D eigenvalue weighted by Gasteiger charge is 2.39. The molecule has 0 bridgehead atoms. The number of hydrogen-bond donors (Lipinski definition) is 2. The predicted octanol–water partition coefficient (Wildman–Crippen LogP) is -2.50. The zero-order valence-corrected chi connectivity index (χ0v) is 14.7. The number of fused-ring (bicyclic) bond motifs is 2. The minimum absolute atomic E-state index is 0.282. The number of aromatic nitrogens is 4. The van der Waals surface area contributed by atoms with E-state index in [4.69, 9.17) is 0 Å². The second-order valence-corrected chi connectivity index (χ2v) is 6.46. The molecule has 2 aliphatic rings. The molecule has 138 valence electrons. The van der Waals surface area contributed by atoms with Crippen LogP contribution in [0.3, 0.4) is 0 Å². The molecule has 0 aliphatic carbocycles. The van der Waals surface area contributed by atoms with Gasteiger partial charge in [-0.2, -0.15) is 0 Å². The highest BCUT2D eigenvalue weighted by atomic mass is 16.2. The molecule has 2 aliphatic heterocycles. The van der Waals surface area contributed by atoms with Crippen molar-refractivity contribution < 1.29 is 0 Å². The summed E-state index contributed by atoms with van der Waals surface area (Å²) < 4.78 is 2.67. The van der Waals surface area contributed by atoms with E-state index in [0.717, 1.165) is 0 Å². The molecule has 0 fully saturated rings. The van der Waals surface area contributed by atoms with Crippen LogP contribution in [0.1, 0.15) is 0 Å². The van der Waals surface area contributed by atoms with Crippen molar-refractivity contribution in [3.63, 3.8) is 0 Å². The van der Waals surface area contributed by atoms with Gasteiger partial charge in [-0.05, 0) is 0 Å². The topological polar surface area (TPSA) is 123 Å². The standard InChI is InChI=1S/C14H18N8O4/c1-17-5-21(11-7(17)9(23)15-13(25)19(11)3)22-6-18(2)8-10(24)16-14(26)20(4)12(8)22/h5-6H2,1-4H3,(H,15,23,25)(H,16,24,26). The van der Waals surface area contributed by atoms with Crippen molar-refractivity contribution in [3.8, 4) is 0 Å². The Bertz CT molecular complexity index is 1060. The lowest BCUT2D eigenvalue weighted by atomic mass is 10.4. The van der Waals surface area contributed by atoms with E-state index in [1.54, 1.807) is 48.0 Å². The van der Waals surface area contributed by atoms with Crippen LogP contribution >= 0.6 is 0 Å². The maximum absolute atomic E-state index is 12.3. The fraction of sp³-hybridized carbons (Fsp3) is 0.429. The van der Waals surface area contributed by atoms with E-state index in [1.165, 1.54) is 9.13 Å². The van der Waals surface area contributed by atoms with Crippen LogP contribution in [0.2, 0.25) is 0 Å². The third-order valence-corrected chi connectivity index (χ3v) is 4.78. The summed E-state index contributed by atoms with van der Waals surface area (Å²) in [6.07, 6.45) is 0. The molecule has 0 amide bonds. The van der Waals surface area contributed by atoms with Gasteiger partial charge in [-0.1, -0.05) is 0 Å². The fourth-order valence-electron chi connectivity index (χ4n) is 3.53. The summed E-state index contributed by atoms with van der Waals surface area (Å²) in [5.41, 5.74) is -1.36.